The highest BCUT2D eigenvalue weighted by atomic mass is 16.5. The molecule has 0 N–H and O–H groups in total. The van der Waals surface area contributed by atoms with Crippen molar-refractivity contribution in [3.63, 3.8) is 0 Å². The predicted molar refractivity (Wildman–Crippen MR) is 114 cm³/mol. The summed E-state index contributed by atoms with van der Waals surface area (Å²) < 4.78 is 11.6. The first kappa shape index (κ1) is 20.1. The minimum atomic E-state index is -0.658. The van der Waals surface area contributed by atoms with Gasteiger partial charge in [0.1, 0.15) is 11.3 Å². The summed E-state index contributed by atoms with van der Waals surface area (Å²) in [6, 6.07) is 9.34. The maximum Gasteiger partial charge on any atom is 0.336 e. The van der Waals surface area contributed by atoms with Crippen molar-refractivity contribution in [3.05, 3.63) is 69.8 Å². The molecule has 0 saturated heterocycles. The fourth-order valence-electron chi connectivity index (χ4n) is 3.77. The van der Waals surface area contributed by atoms with Gasteiger partial charge in [-0.05, 0) is 74.1 Å². The lowest BCUT2D eigenvalue weighted by molar-refractivity contribution is -0.139. The van der Waals surface area contributed by atoms with E-state index in [4.69, 9.17) is 9.15 Å². The van der Waals surface area contributed by atoms with Crippen molar-refractivity contribution in [1.29, 1.82) is 0 Å². The molecule has 3 aromatic rings. The van der Waals surface area contributed by atoms with Crippen LogP contribution in [0.1, 0.15) is 43.4 Å². The normalized spacial score (nSPS) is 14.5. The number of rotatable bonds is 7. The first-order chi connectivity index (χ1) is 14.5. The number of fused-ring (bicyclic) bond motifs is 1. The summed E-state index contributed by atoms with van der Waals surface area (Å²) in [5, 5.41) is 0.759. The van der Waals surface area contributed by atoms with Crippen molar-refractivity contribution in [2.75, 3.05) is 0 Å². The van der Waals surface area contributed by atoms with Gasteiger partial charge >= 0.3 is 5.63 Å². The molecule has 4 rings (SSSR count). The van der Waals surface area contributed by atoms with Crippen molar-refractivity contribution in [2.45, 2.75) is 58.7 Å². The van der Waals surface area contributed by atoms with Gasteiger partial charge in [-0.3, -0.25) is 9.78 Å². The van der Waals surface area contributed by atoms with Gasteiger partial charge in [0, 0.05) is 31.0 Å². The number of hydrogen-bond donors (Lipinski definition) is 0. The highest BCUT2D eigenvalue weighted by molar-refractivity contribution is 5.88. The highest BCUT2D eigenvalue weighted by Crippen LogP contribution is 2.33. The van der Waals surface area contributed by atoms with Crippen LogP contribution in [0.4, 0.5) is 0 Å². The molecule has 0 aliphatic heterocycles. The van der Waals surface area contributed by atoms with Crippen LogP contribution in [0.25, 0.3) is 11.0 Å². The number of aryl methyl sites for hydroxylation is 2. The Labute approximate surface area is 175 Å². The van der Waals surface area contributed by atoms with Gasteiger partial charge in [-0.2, -0.15) is 0 Å². The largest absolute Gasteiger partial charge is 0.480 e. The molecule has 1 unspecified atom stereocenters. The minimum Gasteiger partial charge on any atom is -0.480 e. The predicted octanol–water partition coefficient (Wildman–Crippen LogP) is 4.02. The molecular weight excluding hydrogens is 380 g/mol. The molecule has 0 spiro atoms. The molecule has 1 atom stereocenters. The van der Waals surface area contributed by atoms with Crippen molar-refractivity contribution < 1.29 is 13.9 Å². The van der Waals surface area contributed by atoms with Gasteiger partial charge in [0.2, 0.25) is 0 Å². The second-order valence-electron chi connectivity index (χ2n) is 7.89. The highest BCUT2D eigenvalue weighted by Gasteiger charge is 2.35. The van der Waals surface area contributed by atoms with Gasteiger partial charge in [-0.15, -0.1) is 0 Å². The average molecular weight is 406 g/mol. The Morgan fingerprint density at radius 2 is 2.00 bits per heavy atom. The molecule has 156 valence electrons. The van der Waals surface area contributed by atoms with Crippen LogP contribution in [0.15, 0.2) is 51.9 Å². The van der Waals surface area contributed by atoms with E-state index in [0.29, 0.717) is 24.3 Å². The van der Waals surface area contributed by atoms with Gasteiger partial charge in [-0.25, -0.2) is 4.79 Å². The maximum atomic E-state index is 13.3. The van der Waals surface area contributed by atoms with Crippen LogP contribution in [-0.2, 0) is 17.8 Å². The standard InChI is InChI=1S/C24H26N2O4/c1-4-18-13-22(27)30-21-12-15(2)11-20(23(18)21)29-16(3)24(28)26(19-5-6-19)14-17-7-9-25-10-8-17/h7-13,16,19H,4-6,14H2,1-3H3. The molecule has 1 aliphatic rings. The zero-order valence-electron chi connectivity index (χ0n) is 17.6. The molecule has 6 heteroatoms. The van der Waals surface area contributed by atoms with Crippen LogP contribution in [0.3, 0.4) is 0 Å². The Morgan fingerprint density at radius 1 is 1.27 bits per heavy atom. The van der Waals surface area contributed by atoms with E-state index >= 15 is 0 Å². The number of nitrogens with zero attached hydrogens (tertiary/aromatic N) is 2. The summed E-state index contributed by atoms with van der Waals surface area (Å²) in [6.45, 7) is 6.22. The van der Waals surface area contributed by atoms with Gasteiger partial charge in [0.25, 0.3) is 5.91 Å². The fraction of sp³-hybridized carbons (Fsp3) is 0.375. The molecule has 1 saturated carbocycles. The SMILES string of the molecule is CCc1cc(=O)oc2cc(C)cc(OC(C)C(=O)N(Cc3ccncc3)C3CC3)c12. The summed E-state index contributed by atoms with van der Waals surface area (Å²) in [6.07, 6.45) is 5.52. The minimum absolute atomic E-state index is 0.0422. The number of carbonyl (C=O) groups excluding carboxylic acids is 1. The van der Waals surface area contributed by atoms with E-state index in [1.807, 2.05) is 43.0 Å². The van der Waals surface area contributed by atoms with E-state index in [1.54, 1.807) is 19.3 Å². The lowest BCUT2D eigenvalue weighted by atomic mass is 10.0. The third-order valence-corrected chi connectivity index (χ3v) is 5.44. The Bertz CT molecular complexity index is 1120. The lowest BCUT2D eigenvalue weighted by Gasteiger charge is -2.26. The fourth-order valence-corrected chi connectivity index (χ4v) is 3.77. The quantitative estimate of drug-likeness (QED) is 0.554. The topological polar surface area (TPSA) is 72.6 Å². The van der Waals surface area contributed by atoms with Gasteiger partial charge < -0.3 is 14.1 Å². The molecule has 2 heterocycles. The van der Waals surface area contributed by atoms with Crippen LogP contribution in [0.2, 0.25) is 0 Å². The van der Waals surface area contributed by atoms with E-state index in [-0.39, 0.29) is 17.6 Å². The van der Waals surface area contributed by atoms with E-state index in [2.05, 4.69) is 4.98 Å². The summed E-state index contributed by atoms with van der Waals surface area (Å²) in [5.74, 6) is 0.533. The monoisotopic (exact) mass is 406 g/mol. The maximum absolute atomic E-state index is 13.3. The Kier molecular flexibility index (Phi) is 5.57. The van der Waals surface area contributed by atoms with Gasteiger partial charge in [-0.1, -0.05) is 6.92 Å². The number of benzene rings is 1. The molecule has 0 bridgehead atoms. The van der Waals surface area contributed by atoms with Crippen LogP contribution < -0.4 is 10.4 Å². The third-order valence-electron chi connectivity index (χ3n) is 5.44. The van der Waals surface area contributed by atoms with Crippen LogP contribution in [0, 0.1) is 6.92 Å². The van der Waals surface area contributed by atoms with Crippen LogP contribution in [0.5, 0.6) is 5.75 Å². The van der Waals surface area contributed by atoms with E-state index in [1.165, 1.54) is 6.07 Å². The Balaban J connectivity index is 1.62. The summed E-state index contributed by atoms with van der Waals surface area (Å²) >= 11 is 0. The molecule has 1 amide bonds. The number of hydrogen-bond acceptors (Lipinski definition) is 5. The summed E-state index contributed by atoms with van der Waals surface area (Å²) in [4.78, 5) is 31.1. The first-order valence-electron chi connectivity index (χ1n) is 10.4. The van der Waals surface area contributed by atoms with E-state index < -0.39 is 6.10 Å². The lowest BCUT2D eigenvalue weighted by Crippen LogP contribution is -2.41. The third kappa shape index (κ3) is 4.22. The molecule has 2 aromatic heterocycles. The second kappa shape index (κ2) is 8.30. The molecule has 6 nitrogen and oxygen atoms in total. The second-order valence-corrected chi connectivity index (χ2v) is 7.89. The smallest absolute Gasteiger partial charge is 0.336 e. The summed E-state index contributed by atoms with van der Waals surface area (Å²) in [7, 11) is 0. The van der Waals surface area contributed by atoms with Crippen molar-refractivity contribution in [2.24, 2.45) is 0 Å². The van der Waals surface area contributed by atoms with Gasteiger partial charge in [0.15, 0.2) is 6.10 Å². The molecule has 1 aromatic carbocycles. The van der Waals surface area contributed by atoms with Gasteiger partial charge in [0.05, 0.1) is 5.39 Å². The average Bonchev–Trinajstić information content (AvgIpc) is 3.56. The zero-order valence-corrected chi connectivity index (χ0v) is 17.6. The number of carbonyl (C=O) groups is 1. The van der Waals surface area contributed by atoms with Crippen molar-refractivity contribution in [3.8, 4) is 5.75 Å². The number of ether oxygens (including phenoxy) is 1. The first-order valence-corrected chi connectivity index (χ1v) is 10.4. The molecule has 0 radical (unpaired) electrons. The number of aromatic nitrogens is 1. The van der Waals surface area contributed by atoms with E-state index in [9.17, 15) is 9.59 Å². The van der Waals surface area contributed by atoms with Crippen molar-refractivity contribution >= 4 is 16.9 Å². The molecule has 30 heavy (non-hydrogen) atoms. The van der Waals surface area contributed by atoms with Crippen LogP contribution in [-0.4, -0.2) is 27.9 Å². The Morgan fingerprint density at radius 3 is 2.67 bits per heavy atom. The van der Waals surface area contributed by atoms with E-state index in [0.717, 1.165) is 34.9 Å². The number of amides is 1. The number of pyridine rings is 1. The molecular formula is C24H26N2O4. The zero-order chi connectivity index (χ0) is 21.3. The Hall–Kier alpha value is -3.15. The van der Waals surface area contributed by atoms with Crippen molar-refractivity contribution in [1.82, 2.24) is 9.88 Å². The molecule has 1 aliphatic carbocycles. The van der Waals surface area contributed by atoms with Crippen LogP contribution >= 0.6 is 0 Å². The summed E-state index contributed by atoms with van der Waals surface area (Å²) in [5.41, 5.74) is 2.92. The molecule has 1 fully saturated rings.